The second kappa shape index (κ2) is 9.37. The number of hydrogen-bond donors (Lipinski definition) is 1. The summed E-state index contributed by atoms with van der Waals surface area (Å²) in [6.45, 7) is 6.18. The number of aromatic nitrogens is 5. The quantitative estimate of drug-likeness (QED) is 0.606. The van der Waals surface area contributed by atoms with Gasteiger partial charge in [0.2, 0.25) is 0 Å². The second-order valence-corrected chi connectivity index (χ2v) is 8.18. The van der Waals surface area contributed by atoms with Crippen molar-refractivity contribution in [1.82, 2.24) is 29.9 Å². The largest absolute Gasteiger partial charge is 0.434 e. The van der Waals surface area contributed by atoms with Crippen LogP contribution in [0.2, 0.25) is 0 Å². The molecule has 1 aliphatic rings. The predicted octanol–water partition coefficient (Wildman–Crippen LogP) is 3.11. The Morgan fingerprint density at radius 1 is 1.18 bits per heavy atom. The molecule has 3 heterocycles. The number of aryl methyl sites for hydroxylation is 1. The minimum atomic E-state index is -4.56. The first kappa shape index (κ1) is 23.6. The lowest BCUT2D eigenvalue weighted by Gasteiger charge is -2.43. The number of ether oxygens (including phenoxy) is 1. The van der Waals surface area contributed by atoms with E-state index in [4.69, 9.17) is 4.74 Å². The van der Waals surface area contributed by atoms with Crippen molar-refractivity contribution < 1.29 is 22.7 Å². The summed E-state index contributed by atoms with van der Waals surface area (Å²) in [6, 6.07) is 5.05. The zero-order valence-electron chi connectivity index (χ0n) is 18.8. The lowest BCUT2D eigenvalue weighted by Crippen LogP contribution is -2.58. The number of hydrogen-bond acceptors (Lipinski definition) is 7. The fourth-order valence-corrected chi connectivity index (χ4v) is 3.94. The number of alkyl halides is 3. The molecule has 2 aromatic heterocycles. The first-order valence-electron chi connectivity index (χ1n) is 10.7. The van der Waals surface area contributed by atoms with E-state index in [1.54, 1.807) is 17.0 Å². The third-order valence-electron chi connectivity index (χ3n) is 5.56. The molecular weight excluding hydrogens is 451 g/mol. The number of nitrogens with zero attached hydrogens (tertiary/aromatic N) is 6. The van der Waals surface area contributed by atoms with Gasteiger partial charge in [0.1, 0.15) is 5.82 Å². The minimum Gasteiger partial charge on any atom is -0.372 e. The number of benzene rings is 1. The van der Waals surface area contributed by atoms with Crippen LogP contribution >= 0.6 is 0 Å². The second-order valence-electron chi connectivity index (χ2n) is 8.18. The number of rotatable bonds is 5. The Bertz CT molecular complexity index is 1140. The molecule has 1 fully saturated rings. The number of carbonyl (C=O) groups is 1. The van der Waals surface area contributed by atoms with Crippen molar-refractivity contribution in [1.29, 1.82) is 0 Å². The van der Waals surface area contributed by atoms with Crippen LogP contribution in [0.25, 0.3) is 5.69 Å². The molecule has 0 radical (unpaired) electrons. The van der Waals surface area contributed by atoms with E-state index < -0.39 is 17.9 Å². The van der Waals surface area contributed by atoms with Crippen LogP contribution < -0.4 is 5.32 Å². The number of carbonyl (C=O) groups excluding carboxylic acids is 1. The summed E-state index contributed by atoms with van der Waals surface area (Å²) in [5, 5.41) is 11.3. The molecule has 0 saturated carbocycles. The van der Waals surface area contributed by atoms with Crippen LogP contribution in [0.3, 0.4) is 0 Å². The Morgan fingerprint density at radius 2 is 1.91 bits per heavy atom. The van der Waals surface area contributed by atoms with Gasteiger partial charge in [0, 0.05) is 13.1 Å². The number of anilines is 1. The van der Waals surface area contributed by atoms with Crippen LogP contribution in [-0.2, 0) is 10.9 Å². The van der Waals surface area contributed by atoms with Crippen molar-refractivity contribution in [2.75, 3.05) is 18.4 Å². The van der Waals surface area contributed by atoms with Crippen molar-refractivity contribution in [3.63, 3.8) is 0 Å². The molecule has 3 aromatic rings. The molecule has 180 valence electrons. The van der Waals surface area contributed by atoms with Gasteiger partial charge in [-0.05, 0) is 32.9 Å². The highest BCUT2D eigenvalue weighted by atomic mass is 19.4. The first-order chi connectivity index (χ1) is 16.1. The zero-order chi connectivity index (χ0) is 24.5. The maximum absolute atomic E-state index is 13.8. The van der Waals surface area contributed by atoms with Crippen LogP contribution in [0.4, 0.5) is 19.0 Å². The van der Waals surface area contributed by atoms with Crippen LogP contribution in [0.15, 0.2) is 43.0 Å². The van der Waals surface area contributed by atoms with Crippen molar-refractivity contribution in [3.8, 4) is 5.69 Å². The van der Waals surface area contributed by atoms with E-state index in [2.05, 4.69) is 25.5 Å². The average molecular weight is 475 g/mol. The van der Waals surface area contributed by atoms with E-state index in [-0.39, 0.29) is 30.5 Å². The van der Waals surface area contributed by atoms with Gasteiger partial charge in [0.25, 0.3) is 5.91 Å². The highest BCUT2D eigenvalue weighted by Gasteiger charge is 2.37. The smallest absolute Gasteiger partial charge is 0.372 e. The Morgan fingerprint density at radius 3 is 2.56 bits per heavy atom. The fourth-order valence-electron chi connectivity index (χ4n) is 3.94. The summed E-state index contributed by atoms with van der Waals surface area (Å²) in [7, 11) is 0. The van der Waals surface area contributed by atoms with Crippen LogP contribution in [0.5, 0.6) is 0 Å². The van der Waals surface area contributed by atoms with Gasteiger partial charge in [-0.25, -0.2) is 9.97 Å². The molecule has 1 saturated heterocycles. The van der Waals surface area contributed by atoms with E-state index in [0.29, 0.717) is 24.0 Å². The summed E-state index contributed by atoms with van der Waals surface area (Å²) in [4.78, 5) is 24.1. The summed E-state index contributed by atoms with van der Waals surface area (Å²) in [5.74, 6) is -0.0495. The molecule has 1 aliphatic heterocycles. The van der Waals surface area contributed by atoms with Gasteiger partial charge in [0.15, 0.2) is 5.69 Å². The monoisotopic (exact) mass is 475 g/mol. The van der Waals surface area contributed by atoms with E-state index in [1.807, 2.05) is 26.8 Å². The van der Waals surface area contributed by atoms with Crippen molar-refractivity contribution in [2.45, 2.75) is 45.2 Å². The molecule has 12 heteroatoms. The van der Waals surface area contributed by atoms with Crippen molar-refractivity contribution in [3.05, 3.63) is 59.8 Å². The highest BCUT2D eigenvalue weighted by Crippen LogP contribution is 2.27. The topological polar surface area (TPSA) is 98.1 Å². The number of amides is 1. The van der Waals surface area contributed by atoms with Gasteiger partial charge < -0.3 is 15.0 Å². The van der Waals surface area contributed by atoms with Gasteiger partial charge in [-0.2, -0.15) is 28.2 Å². The summed E-state index contributed by atoms with van der Waals surface area (Å²) < 4.78 is 44.2. The molecule has 0 spiro atoms. The minimum absolute atomic E-state index is 0.170. The Labute approximate surface area is 194 Å². The maximum atomic E-state index is 13.8. The van der Waals surface area contributed by atoms with Gasteiger partial charge in [-0.15, -0.1) is 0 Å². The Kier molecular flexibility index (Phi) is 6.51. The molecule has 0 bridgehead atoms. The van der Waals surface area contributed by atoms with Crippen LogP contribution in [0.1, 0.15) is 35.5 Å². The van der Waals surface area contributed by atoms with Crippen molar-refractivity contribution >= 4 is 11.7 Å². The molecule has 0 unspecified atom stereocenters. The lowest BCUT2D eigenvalue weighted by atomic mass is 10.0. The fraction of sp³-hybridized carbons (Fsp3) is 0.409. The van der Waals surface area contributed by atoms with Crippen LogP contribution in [0, 0.1) is 6.92 Å². The molecule has 34 heavy (non-hydrogen) atoms. The number of halogens is 3. The van der Waals surface area contributed by atoms with Gasteiger partial charge in [-0.1, -0.05) is 11.6 Å². The van der Waals surface area contributed by atoms with Crippen molar-refractivity contribution in [2.24, 2.45) is 0 Å². The molecular formula is C22H24F3N7O2. The SMILES string of the molecule is Cc1ccc(-n2nccn2)c(C(=O)N2C[C@@H](C)O[C@@H](C)[C@H]2CNc2cnc(C(F)(F)F)cn2)c1. The van der Waals surface area contributed by atoms with E-state index in [1.165, 1.54) is 17.2 Å². The highest BCUT2D eigenvalue weighted by molar-refractivity contribution is 5.98. The summed E-state index contributed by atoms with van der Waals surface area (Å²) in [5.41, 5.74) is 0.824. The van der Waals surface area contributed by atoms with E-state index in [0.717, 1.165) is 11.8 Å². The van der Waals surface area contributed by atoms with Gasteiger partial charge in [-0.3, -0.25) is 4.79 Å². The van der Waals surface area contributed by atoms with E-state index in [9.17, 15) is 18.0 Å². The molecule has 1 N–H and O–H groups in total. The zero-order valence-corrected chi connectivity index (χ0v) is 18.8. The molecule has 0 aliphatic carbocycles. The lowest BCUT2D eigenvalue weighted by molar-refractivity contribution is -0.141. The maximum Gasteiger partial charge on any atom is 0.434 e. The standard InChI is InChI=1S/C22H24F3N7O2/c1-13-4-5-17(32-29-6-7-30-32)16(8-13)21(33)31-12-14(2)34-15(3)18(31)9-27-20-11-26-19(10-28-20)22(23,24)25/h4-8,10-11,14-15,18H,9,12H2,1-3H3,(H,27,28)/t14-,15+,18-/m1/s1. The average Bonchev–Trinajstić information content (AvgIpc) is 3.32. The molecule has 3 atom stereocenters. The predicted molar refractivity (Wildman–Crippen MR) is 116 cm³/mol. The third-order valence-corrected chi connectivity index (χ3v) is 5.56. The first-order valence-corrected chi connectivity index (χ1v) is 10.7. The number of morpholine rings is 1. The van der Waals surface area contributed by atoms with Crippen LogP contribution in [-0.4, -0.2) is 67.1 Å². The Hall–Kier alpha value is -3.54. The molecule has 9 nitrogen and oxygen atoms in total. The third kappa shape index (κ3) is 5.01. The molecule has 4 rings (SSSR count). The Balaban J connectivity index is 1.58. The normalized spacial score (nSPS) is 20.9. The summed E-state index contributed by atoms with van der Waals surface area (Å²) in [6.07, 6.45) is -0.338. The number of nitrogens with one attached hydrogen (secondary N) is 1. The van der Waals surface area contributed by atoms with Gasteiger partial charge >= 0.3 is 6.18 Å². The van der Waals surface area contributed by atoms with Gasteiger partial charge in [0.05, 0.1) is 54.3 Å². The molecule has 1 aromatic carbocycles. The van der Waals surface area contributed by atoms with E-state index >= 15 is 0 Å². The molecule has 1 amide bonds. The summed E-state index contributed by atoms with van der Waals surface area (Å²) >= 11 is 0.